The molecule has 23 heavy (non-hydrogen) atoms. The van der Waals surface area contributed by atoms with Crippen LogP contribution in [0.15, 0.2) is 60.7 Å². The largest absolute Gasteiger partial charge is 0.496 e. The second-order valence-electron chi connectivity index (χ2n) is 6.39. The van der Waals surface area contributed by atoms with E-state index in [4.69, 9.17) is 4.74 Å². The highest BCUT2D eigenvalue weighted by molar-refractivity contribution is 5.89. The Balaban J connectivity index is 1.86. The molecule has 0 aliphatic carbocycles. The minimum atomic E-state index is 0.416. The Labute approximate surface area is 137 Å². The molecule has 0 fully saturated rings. The van der Waals surface area contributed by atoms with Crippen LogP contribution in [0.5, 0.6) is 5.75 Å². The molecule has 1 unspecified atom stereocenters. The van der Waals surface area contributed by atoms with Crippen molar-refractivity contribution in [2.24, 2.45) is 0 Å². The molecule has 2 nitrogen and oxygen atoms in total. The lowest BCUT2D eigenvalue weighted by molar-refractivity contribution is 0.295. The zero-order valence-corrected chi connectivity index (χ0v) is 13.6. The molecule has 0 saturated carbocycles. The maximum absolute atomic E-state index is 5.55. The van der Waals surface area contributed by atoms with Gasteiger partial charge in [-0.15, -0.1) is 0 Å². The number of hydrogen-bond acceptors (Lipinski definition) is 2. The Morgan fingerprint density at radius 3 is 2.74 bits per heavy atom. The zero-order valence-electron chi connectivity index (χ0n) is 13.6. The van der Waals surface area contributed by atoms with Crippen LogP contribution in [0.2, 0.25) is 0 Å². The maximum Gasteiger partial charge on any atom is 0.126 e. The second-order valence-corrected chi connectivity index (χ2v) is 6.39. The first kappa shape index (κ1) is 14.3. The van der Waals surface area contributed by atoms with Gasteiger partial charge in [-0.2, -0.15) is 0 Å². The van der Waals surface area contributed by atoms with Gasteiger partial charge in [0, 0.05) is 24.4 Å². The van der Waals surface area contributed by atoms with Crippen molar-refractivity contribution < 1.29 is 4.74 Å². The van der Waals surface area contributed by atoms with Crippen LogP contribution in [0.4, 0.5) is 0 Å². The van der Waals surface area contributed by atoms with Gasteiger partial charge in [-0.1, -0.05) is 48.5 Å². The minimum absolute atomic E-state index is 0.416. The van der Waals surface area contributed by atoms with E-state index in [0.717, 1.165) is 18.8 Å². The van der Waals surface area contributed by atoms with E-state index in [9.17, 15) is 0 Å². The summed E-state index contributed by atoms with van der Waals surface area (Å²) in [6.07, 6.45) is 0. The summed E-state index contributed by atoms with van der Waals surface area (Å²) in [6.45, 7) is 2.08. The van der Waals surface area contributed by atoms with Crippen molar-refractivity contribution in [1.29, 1.82) is 0 Å². The van der Waals surface area contributed by atoms with Gasteiger partial charge in [0.05, 0.1) is 7.11 Å². The monoisotopic (exact) mass is 303 g/mol. The molecule has 1 atom stereocenters. The van der Waals surface area contributed by atoms with Crippen LogP contribution in [0.3, 0.4) is 0 Å². The summed E-state index contributed by atoms with van der Waals surface area (Å²) in [7, 11) is 3.94. The molecule has 3 aromatic rings. The number of rotatable bonds is 2. The summed E-state index contributed by atoms with van der Waals surface area (Å²) < 4.78 is 5.55. The van der Waals surface area contributed by atoms with Gasteiger partial charge in [0.1, 0.15) is 5.75 Å². The highest BCUT2D eigenvalue weighted by Gasteiger charge is 2.24. The van der Waals surface area contributed by atoms with Crippen LogP contribution in [-0.2, 0) is 6.54 Å². The van der Waals surface area contributed by atoms with Crippen molar-refractivity contribution in [3.63, 3.8) is 0 Å². The van der Waals surface area contributed by atoms with E-state index in [0.29, 0.717) is 5.92 Å². The molecule has 0 saturated heterocycles. The van der Waals surface area contributed by atoms with Crippen LogP contribution in [-0.4, -0.2) is 25.6 Å². The first-order valence-corrected chi connectivity index (χ1v) is 8.09. The fraction of sp³-hybridized carbons (Fsp3) is 0.238. The van der Waals surface area contributed by atoms with Gasteiger partial charge in [-0.05, 0) is 41.3 Å². The van der Waals surface area contributed by atoms with Crippen LogP contribution < -0.4 is 4.74 Å². The first-order chi connectivity index (χ1) is 11.3. The van der Waals surface area contributed by atoms with Gasteiger partial charge in [-0.3, -0.25) is 0 Å². The van der Waals surface area contributed by atoms with Gasteiger partial charge in [0.25, 0.3) is 0 Å². The van der Waals surface area contributed by atoms with E-state index in [2.05, 4.69) is 60.5 Å². The van der Waals surface area contributed by atoms with Gasteiger partial charge in [0.2, 0.25) is 0 Å². The molecule has 0 radical (unpaired) electrons. The Morgan fingerprint density at radius 1 is 1.00 bits per heavy atom. The number of ether oxygens (including phenoxy) is 1. The molecule has 0 N–H and O–H groups in total. The van der Waals surface area contributed by atoms with Gasteiger partial charge >= 0.3 is 0 Å². The third kappa shape index (κ3) is 2.49. The molecule has 1 aliphatic heterocycles. The average molecular weight is 303 g/mol. The Bertz CT molecular complexity index is 855. The molecule has 0 aromatic heterocycles. The van der Waals surface area contributed by atoms with Gasteiger partial charge < -0.3 is 9.64 Å². The number of fused-ring (bicyclic) bond motifs is 2. The van der Waals surface area contributed by atoms with E-state index in [1.54, 1.807) is 7.11 Å². The van der Waals surface area contributed by atoms with Crippen LogP contribution in [0.25, 0.3) is 10.8 Å². The summed E-state index contributed by atoms with van der Waals surface area (Å²) in [4.78, 5) is 2.40. The standard InChI is InChI=1S/C21H21NO/c1-22-13-17-6-3-4-8-18(17)20(14-22)16-11-10-15-7-5-9-21(23-2)19(15)12-16/h3-12,20H,13-14H2,1-2H3. The molecule has 0 spiro atoms. The Hall–Kier alpha value is -2.32. The normalized spacial score (nSPS) is 17.9. The summed E-state index contributed by atoms with van der Waals surface area (Å²) in [6, 6.07) is 21.8. The summed E-state index contributed by atoms with van der Waals surface area (Å²) in [5.74, 6) is 1.36. The lowest BCUT2D eigenvalue weighted by atomic mass is 9.84. The fourth-order valence-electron chi connectivity index (χ4n) is 3.72. The number of hydrogen-bond donors (Lipinski definition) is 0. The van der Waals surface area contributed by atoms with Crippen molar-refractivity contribution in [3.05, 3.63) is 77.4 Å². The first-order valence-electron chi connectivity index (χ1n) is 8.09. The van der Waals surface area contributed by atoms with Crippen molar-refractivity contribution in [3.8, 4) is 5.75 Å². The quantitative estimate of drug-likeness (QED) is 0.694. The lowest BCUT2D eigenvalue weighted by Crippen LogP contribution is -2.30. The van der Waals surface area contributed by atoms with Crippen LogP contribution in [0, 0.1) is 0 Å². The molecule has 1 heterocycles. The average Bonchev–Trinajstić information content (AvgIpc) is 2.60. The number of nitrogens with zero attached hydrogens (tertiary/aromatic N) is 1. The number of benzene rings is 3. The maximum atomic E-state index is 5.55. The van der Waals surface area contributed by atoms with Crippen molar-refractivity contribution in [2.75, 3.05) is 20.7 Å². The third-order valence-electron chi connectivity index (χ3n) is 4.85. The van der Waals surface area contributed by atoms with Gasteiger partial charge in [-0.25, -0.2) is 0 Å². The third-order valence-corrected chi connectivity index (χ3v) is 4.85. The molecular formula is C21H21NO. The smallest absolute Gasteiger partial charge is 0.126 e. The molecule has 2 heteroatoms. The van der Waals surface area contributed by atoms with Gasteiger partial charge in [0.15, 0.2) is 0 Å². The molecule has 0 amide bonds. The highest BCUT2D eigenvalue weighted by atomic mass is 16.5. The molecule has 3 aromatic carbocycles. The van der Waals surface area contributed by atoms with Crippen molar-refractivity contribution >= 4 is 10.8 Å². The molecule has 0 bridgehead atoms. The topological polar surface area (TPSA) is 12.5 Å². The van der Waals surface area contributed by atoms with Crippen LogP contribution >= 0.6 is 0 Å². The van der Waals surface area contributed by atoms with E-state index in [-0.39, 0.29) is 0 Å². The van der Waals surface area contributed by atoms with Crippen molar-refractivity contribution in [2.45, 2.75) is 12.5 Å². The van der Waals surface area contributed by atoms with Crippen molar-refractivity contribution in [1.82, 2.24) is 4.90 Å². The second kappa shape index (κ2) is 5.71. The predicted molar refractivity (Wildman–Crippen MR) is 95.1 cm³/mol. The summed E-state index contributed by atoms with van der Waals surface area (Å²) >= 11 is 0. The predicted octanol–water partition coefficient (Wildman–Crippen LogP) is 4.43. The fourth-order valence-corrected chi connectivity index (χ4v) is 3.72. The zero-order chi connectivity index (χ0) is 15.8. The molecule has 1 aliphatic rings. The Morgan fingerprint density at radius 2 is 1.87 bits per heavy atom. The molecule has 4 rings (SSSR count). The summed E-state index contributed by atoms with van der Waals surface area (Å²) in [5, 5.41) is 2.42. The van der Waals surface area contributed by atoms with E-state index in [1.165, 1.54) is 27.5 Å². The highest BCUT2D eigenvalue weighted by Crippen LogP contribution is 2.35. The van der Waals surface area contributed by atoms with E-state index >= 15 is 0 Å². The SMILES string of the molecule is COc1cccc2ccc(C3CN(C)Cc4ccccc43)cc12. The van der Waals surface area contributed by atoms with E-state index < -0.39 is 0 Å². The molecule has 116 valence electrons. The Kier molecular flexibility index (Phi) is 3.55. The number of likely N-dealkylation sites (N-methyl/N-ethyl adjacent to an activating group) is 1. The lowest BCUT2D eigenvalue weighted by Gasteiger charge is -2.32. The molecular weight excluding hydrogens is 282 g/mol. The minimum Gasteiger partial charge on any atom is -0.496 e. The number of methoxy groups -OCH3 is 1. The van der Waals surface area contributed by atoms with E-state index in [1.807, 2.05) is 12.1 Å². The summed E-state index contributed by atoms with van der Waals surface area (Å²) in [5.41, 5.74) is 4.26. The van der Waals surface area contributed by atoms with Crippen LogP contribution in [0.1, 0.15) is 22.6 Å².